The molecule has 2 aliphatic carbocycles. The van der Waals surface area contributed by atoms with E-state index in [-0.39, 0.29) is 17.4 Å². The molecule has 0 radical (unpaired) electrons. The molecule has 1 aromatic rings. The van der Waals surface area contributed by atoms with Crippen molar-refractivity contribution in [1.29, 1.82) is 0 Å². The molecule has 3 N–H and O–H groups in total. The number of hydrogen-bond donors (Lipinski definition) is 2. The van der Waals surface area contributed by atoms with E-state index in [2.05, 4.69) is 11.4 Å². The molecule has 0 saturated heterocycles. The predicted molar refractivity (Wildman–Crippen MR) is 91.1 cm³/mol. The van der Waals surface area contributed by atoms with E-state index in [1.165, 1.54) is 6.26 Å². The molecule has 2 aliphatic rings. The molecule has 0 bridgehead atoms. The maximum Gasteiger partial charge on any atom is 0.287 e. The van der Waals surface area contributed by atoms with Crippen LogP contribution in [0.1, 0.15) is 42.7 Å². The number of nitrogens with two attached hydrogens (primary N) is 1. The summed E-state index contributed by atoms with van der Waals surface area (Å²) in [5, 5.41) is 3.97. The number of carbonyl (C=O) groups excluding carboxylic acids is 1. The molecule has 0 aliphatic heterocycles. The fourth-order valence-corrected chi connectivity index (χ4v) is 4.03. The van der Waals surface area contributed by atoms with E-state index in [4.69, 9.17) is 21.8 Å². The molecule has 0 aromatic carbocycles. The normalized spacial score (nSPS) is 30.8. The average molecular weight is 335 g/mol. The van der Waals surface area contributed by atoms with Crippen LogP contribution in [0.15, 0.2) is 46.1 Å². The number of halogens is 1. The van der Waals surface area contributed by atoms with Crippen molar-refractivity contribution >= 4 is 17.5 Å². The van der Waals surface area contributed by atoms with Gasteiger partial charge in [-0.3, -0.25) is 4.79 Å². The lowest BCUT2D eigenvalue weighted by atomic mass is 9.63. The van der Waals surface area contributed by atoms with Gasteiger partial charge in [-0.25, -0.2) is 0 Å². The second-order valence-electron chi connectivity index (χ2n) is 6.60. The van der Waals surface area contributed by atoms with Gasteiger partial charge in [0.25, 0.3) is 5.91 Å². The van der Waals surface area contributed by atoms with Crippen LogP contribution in [0, 0.1) is 11.3 Å². The summed E-state index contributed by atoms with van der Waals surface area (Å²) in [6.07, 6.45) is 12.5. The molecule has 1 fully saturated rings. The molecular weight excluding hydrogens is 312 g/mol. The number of amides is 1. The van der Waals surface area contributed by atoms with Gasteiger partial charge in [0, 0.05) is 11.1 Å². The van der Waals surface area contributed by atoms with Gasteiger partial charge in [-0.2, -0.15) is 0 Å². The average Bonchev–Trinajstić information content (AvgIpc) is 3.10. The van der Waals surface area contributed by atoms with E-state index < -0.39 is 0 Å². The van der Waals surface area contributed by atoms with Gasteiger partial charge in [-0.1, -0.05) is 23.8 Å². The summed E-state index contributed by atoms with van der Waals surface area (Å²) < 4.78 is 5.14. The Balaban J connectivity index is 1.59. The number of hydrogen-bond acceptors (Lipinski definition) is 3. The van der Waals surface area contributed by atoms with E-state index in [0.29, 0.717) is 18.2 Å². The Bertz CT molecular complexity index is 599. The lowest BCUT2D eigenvalue weighted by Gasteiger charge is -2.44. The predicted octanol–water partition coefficient (Wildman–Crippen LogP) is 3.60. The van der Waals surface area contributed by atoms with E-state index in [1.54, 1.807) is 12.1 Å². The molecule has 1 saturated carbocycles. The van der Waals surface area contributed by atoms with E-state index in [1.807, 2.05) is 12.2 Å². The highest BCUT2D eigenvalue weighted by atomic mass is 35.5. The molecule has 1 aromatic heterocycles. The van der Waals surface area contributed by atoms with Crippen LogP contribution in [0.5, 0.6) is 0 Å². The zero-order chi connectivity index (χ0) is 16.3. The molecule has 5 heteroatoms. The van der Waals surface area contributed by atoms with Crippen molar-refractivity contribution in [2.45, 2.75) is 38.1 Å². The Morgan fingerprint density at radius 2 is 2.22 bits per heavy atom. The van der Waals surface area contributed by atoms with Crippen molar-refractivity contribution < 1.29 is 9.21 Å². The zero-order valence-electron chi connectivity index (χ0n) is 13.1. The number of nitrogens with one attached hydrogen (secondary N) is 1. The third-order valence-corrected chi connectivity index (χ3v) is 5.57. The topological polar surface area (TPSA) is 68.3 Å². The van der Waals surface area contributed by atoms with Gasteiger partial charge >= 0.3 is 0 Å². The van der Waals surface area contributed by atoms with Gasteiger partial charge in [0.15, 0.2) is 5.76 Å². The first-order valence-corrected chi connectivity index (χ1v) is 8.58. The van der Waals surface area contributed by atoms with Crippen molar-refractivity contribution in [3.05, 3.63) is 47.4 Å². The molecule has 1 heterocycles. The van der Waals surface area contributed by atoms with Gasteiger partial charge in [0.2, 0.25) is 0 Å². The molecule has 0 spiro atoms. The van der Waals surface area contributed by atoms with Crippen LogP contribution >= 0.6 is 11.6 Å². The fourth-order valence-electron chi connectivity index (χ4n) is 3.79. The van der Waals surface area contributed by atoms with Gasteiger partial charge in [0.05, 0.1) is 6.26 Å². The van der Waals surface area contributed by atoms with Crippen LogP contribution in [0.25, 0.3) is 0 Å². The second kappa shape index (κ2) is 6.93. The Hall–Kier alpha value is -1.52. The van der Waals surface area contributed by atoms with Gasteiger partial charge in [-0.05, 0) is 68.2 Å². The van der Waals surface area contributed by atoms with Crippen molar-refractivity contribution in [2.24, 2.45) is 17.1 Å². The minimum Gasteiger partial charge on any atom is -0.459 e. The van der Waals surface area contributed by atoms with E-state index in [0.717, 1.165) is 37.1 Å². The molecule has 4 nitrogen and oxygen atoms in total. The lowest BCUT2D eigenvalue weighted by Crippen LogP contribution is -2.46. The molecule has 124 valence electrons. The minimum atomic E-state index is -0.135. The molecule has 1 unspecified atom stereocenters. The van der Waals surface area contributed by atoms with Crippen LogP contribution in [0.2, 0.25) is 0 Å². The monoisotopic (exact) mass is 334 g/mol. The summed E-state index contributed by atoms with van der Waals surface area (Å²) in [5.41, 5.74) is 6.23. The zero-order valence-corrected chi connectivity index (χ0v) is 13.9. The maximum atomic E-state index is 12.1. The van der Waals surface area contributed by atoms with Crippen LogP contribution < -0.4 is 11.1 Å². The highest BCUT2D eigenvalue weighted by molar-refractivity contribution is 6.29. The maximum absolute atomic E-state index is 12.1. The first kappa shape index (κ1) is 16.3. The van der Waals surface area contributed by atoms with Crippen molar-refractivity contribution in [1.82, 2.24) is 5.32 Å². The number of carbonyl (C=O) groups is 1. The number of furan rings is 1. The van der Waals surface area contributed by atoms with Crippen LogP contribution in [0.4, 0.5) is 0 Å². The molecule has 3 rings (SSSR count). The molecule has 1 amide bonds. The molecule has 1 atom stereocenters. The number of allylic oxidation sites excluding steroid dienone is 4. The molecule has 23 heavy (non-hydrogen) atoms. The smallest absolute Gasteiger partial charge is 0.287 e. The first-order valence-electron chi connectivity index (χ1n) is 8.20. The fraction of sp³-hybridized carbons (Fsp3) is 0.500. The molecular formula is C18H23ClN2O2. The van der Waals surface area contributed by atoms with Gasteiger partial charge < -0.3 is 15.5 Å². The van der Waals surface area contributed by atoms with E-state index in [9.17, 15) is 4.79 Å². The Morgan fingerprint density at radius 3 is 2.83 bits per heavy atom. The van der Waals surface area contributed by atoms with Crippen LogP contribution in [-0.2, 0) is 0 Å². The highest BCUT2D eigenvalue weighted by Crippen LogP contribution is 2.46. The largest absolute Gasteiger partial charge is 0.459 e. The summed E-state index contributed by atoms with van der Waals surface area (Å²) in [5.74, 6) is 0.628. The quantitative estimate of drug-likeness (QED) is 0.884. The lowest BCUT2D eigenvalue weighted by molar-refractivity contribution is 0.0829. The highest BCUT2D eigenvalue weighted by Gasteiger charge is 2.40. The third-order valence-electron chi connectivity index (χ3n) is 5.29. The summed E-state index contributed by atoms with van der Waals surface area (Å²) in [4.78, 5) is 12.1. The third kappa shape index (κ3) is 3.54. The Labute approximate surface area is 141 Å². The van der Waals surface area contributed by atoms with Gasteiger partial charge in [0.1, 0.15) is 0 Å². The summed E-state index contributed by atoms with van der Waals surface area (Å²) in [6, 6.07) is 3.59. The first-order chi connectivity index (χ1) is 11.1. The standard InChI is InChI=1S/C18H23ClN2O2/c19-14-4-1-3-13(11-14)18(12-20)8-6-15(7-9-18)21-17(22)16-5-2-10-23-16/h1-5,10,13,15H,6-9,11-12,20H2,(H,21,22)/t13?,15-,18-. The summed E-state index contributed by atoms with van der Waals surface area (Å²) >= 11 is 6.21. The summed E-state index contributed by atoms with van der Waals surface area (Å²) in [6.45, 7) is 0.658. The second-order valence-corrected chi connectivity index (χ2v) is 7.09. The van der Waals surface area contributed by atoms with Crippen molar-refractivity contribution in [3.8, 4) is 0 Å². The van der Waals surface area contributed by atoms with Gasteiger partial charge in [-0.15, -0.1) is 0 Å². The van der Waals surface area contributed by atoms with Crippen molar-refractivity contribution in [2.75, 3.05) is 6.54 Å². The SMILES string of the molecule is NC[C@]1(C2C=CC=C(Cl)C2)CC[C@H](NC(=O)c2ccco2)CC1. The van der Waals surface area contributed by atoms with Crippen LogP contribution in [0.3, 0.4) is 0 Å². The van der Waals surface area contributed by atoms with Crippen LogP contribution in [-0.4, -0.2) is 18.5 Å². The summed E-state index contributed by atoms with van der Waals surface area (Å²) in [7, 11) is 0. The van der Waals surface area contributed by atoms with E-state index >= 15 is 0 Å². The minimum absolute atomic E-state index is 0.0941. The number of rotatable bonds is 4. The Kier molecular flexibility index (Phi) is 4.93. The Morgan fingerprint density at radius 1 is 1.43 bits per heavy atom. The van der Waals surface area contributed by atoms with Crippen molar-refractivity contribution in [3.63, 3.8) is 0 Å².